The van der Waals surface area contributed by atoms with Crippen molar-refractivity contribution in [1.29, 1.82) is 0 Å². The van der Waals surface area contributed by atoms with Crippen molar-refractivity contribution in [1.82, 2.24) is 9.80 Å². The molecule has 0 aliphatic carbocycles. The molecule has 0 unspecified atom stereocenters. The van der Waals surface area contributed by atoms with Crippen LogP contribution in [0.5, 0.6) is 0 Å². The Morgan fingerprint density at radius 3 is 2.12 bits per heavy atom. The van der Waals surface area contributed by atoms with E-state index in [1.165, 1.54) is 65.0 Å². The zero-order valence-corrected chi connectivity index (χ0v) is 11.5. The first-order valence-electron chi connectivity index (χ1n) is 7.01. The quantitative estimate of drug-likeness (QED) is 0.678. The van der Waals surface area contributed by atoms with Crippen molar-refractivity contribution in [3.8, 4) is 0 Å². The van der Waals surface area contributed by atoms with E-state index in [0.717, 1.165) is 0 Å². The van der Waals surface area contributed by atoms with Crippen LogP contribution in [0.2, 0.25) is 0 Å². The summed E-state index contributed by atoms with van der Waals surface area (Å²) in [5.41, 5.74) is 0. The zero-order chi connectivity index (χ0) is 11.9. The summed E-state index contributed by atoms with van der Waals surface area (Å²) in [6.45, 7) is 8.22. The number of alkyl halides is 1. The van der Waals surface area contributed by atoms with Gasteiger partial charge in [-0.2, -0.15) is 0 Å². The molecule has 0 amide bonds. The molecule has 3 nitrogen and oxygen atoms in total. The Labute approximate surface area is 110 Å². The van der Waals surface area contributed by atoms with Gasteiger partial charge >= 0.3 is 0 Å². The van der Waals surface area contributed by atoms with Gasteiger partial charge < -0.3 is 14.5 Å². The summed E-state index contributed by atoms with van der Waals surface area (Å²) in [6.07, 6.45) is 5.60. The summed E-state index contributed by atoms with van der Waals surface area (Å²) in [5.74, 6) is 0.620. The van der Waals surface area contributed by atoms with E-state index in [9.17, 15) is 0 Å². The van der Waals surface area contributed by atoms with Crippen LogP contribution in [0.1, 0.15) is 25.7 Å². The van der Waals surface area contributed by atoms with Crippen molar-refractivity contribution in [2.24, 2.45) is 0 Å². The molecule has 0 aromatic heterocycles. The molecular formula is C13H25ClN2O. The molecular weight excluding hydrogens is 236 g/mol. The van der Waals surface area contributed by atoms with Crippen molar-refractivity contribution in [2.75, 3.05) is 51.8 Å². The van der Waals surface area contributed by atoms with E-state index < -0.39 is 0 Å². The first-order valence-corrected chi connectivity index (χ1v) is 7.54. The molecule has 0 atom stereocenters. The van der Waals surface area contributed by atoms with Crippen LogP contribution >= 0.6 is 11.6 Å². The maximum atomic E-state index is 5.69. The van der Waals surface area contributed by atoms with Crippen molar-refractivity contribution in [3.63, 3.8) is 0 Å². The van der Waals surface area contributed by atoms with Crippen LogP contribution in [0.3, 0.4) is 0 Å². The number of ether oxygens (including phenoxy) is 1. The fourth-order valence-corrected chi connectivity index (χ4v) is 2.89. The lowest BCUT2D eigenvalue weighted by molar-refractivity contribution is 0.0138. The Bertz CT molecular complexity index is 202. The van der Waals surface area contributed by atoms with Gasteiger partial charge in [0.15, 0.2) is 0 Å². The molecule has 2 saturated heterocycles. The van der Waals surface area contributed by atoms with Crippen molar-refractivity contribution in [2.45, 2.75) is 31.8 Å². The van der Waals surface area contributed by atoms with Crippen LogP contribution < -0.4 is 0 Å². The minimum absolute atomic E-state index is 0.455. The maximum absolute atomic E-state index is 5.69. The van der Waals surface area contributed by atoms with Gasteiger partial charge in [0.1, 0.15) is 0 Å². The molecule has 100 valence electrons. The number of hydrogen-bond donors (Lipinski definition) is 0. The molecule has 2 rings (SSSR count). The van der Waals surface area contributed by atoms with Crippen molar-refractivity contribution < 1.29 is 4.74 Å². The molecule has 17 heavy (non-hydrogen) atoms. The molecule has 0 radical (unpaired) electrons. The minimum Gasteiger partial charge on any atom is -0.377 e. The highest BCUT2D eigenvalue weighted by atomic mass is 35.5. The molecule has 2 heterocycles. The Morgan fingerprint density at radius 2 is 1.53 bits per heavy atom. The van der Waals surface area contributed by atoms with Crippen LogP contribution in [-0.4, -0.2) is 67.7 Å². The summed E-state index contributed by atoms with van der Waals surface area (Å²) >= 11 is 5.63. The third kappa shape index (κ3) is 4.74. The van der Waals surface area contributed by atoms with Crippen LogP contribution in [0, 0.1) is 0 Å². The lowest BCUT2D eigenvalue weighted by Crippen LogP contribution is -2.41. The van der Waals surface area contributed by atoms with Gasteiger partial charge in [-0.25, -0.2) is 0 Å². The highest BCUT2D eigenvalue weighted by Crippen LogP contribution is 2.14. The lowest BCUT2D eigenvalue weighted by Gasteiger charge is -2.32. The fraction of sp³-hybridized carbons (Fsp3) is 1.00. The van der Waals surface area contributed by atoms with Crippen molar-refractivity contribution in [3.05, 3.63) is 0 Å². The molecule has 0 N–H and O–H groups in total. The van der Waals surface area contributed by atoms with E-state index in [2.05, 4.69) is 9.80 Å². The number of rotatable bonds is 6. The molecule has 2 aliphatic heterocycles. The number of piperidine rings is 1. The van der Waals surface area contributed by atoms with Gasteiger partial charge in [-0.3, -0.25) is 0 Å². The Balaban J connectivity index is 1.55. The van der Waals surface area contributed by atoms with Gasteiger partial charge in [0.05, 0.1) is 12.7 Å². The summed E-state index contributed by atoms with van der Waals surface area (Å²) in [6, 6.07) is 0. The van der Waals surface area contributed by atoms with Gasteiger partial charge in [-0.15, -0.1) is 11.6 Å². The second-order valence-electron chi connectivity index (χ2n) is 5.15. The number of hydrogen-bond acceptors (Lipinski definition) is 3. The third-order valence-corrected chi connectivity index (χ3v) is 4.05. The van der Waals surface area contributed by atoms with Crippen LogP contribution in [0.15, 0.2) is 0 Å². The normalized spacial score (nSPS) is 24.5. The predicted molar refractivity (Wildman–Crippen MR) is 71.8 cm³/mol. The average molecular weight is 261 g/mol. The minimum atomic E-state index is 0.455. The second-order valence-corrected chi connectivity index (χ2v) is 5.53. The Morgan fingerprint density at radius 1 is 0.941 bits per heavy atom. The first kappa shape index (κ1) is 13.6. The average Bonchev–Trinajstić information content (AvgIpc) is 2.88. The summed E-state index contributed by atoms with van der Waals surface area (Å²) in [5, 5.41) is 0. The van der Waals surface area contributed by atoms with E-state index in [1.807, 2.05) is 0 Å². The van der Waals surface area contributed by atoms with Gasteiger partial charge in [-0.1, -0.05) is 0 Å². The van der Waals surface area contributed by atoms with Crippen LogP contribution in [0.25, 0.3) is 0 Å². The molecule has 2 fully saturated rings. The van der Waals surface area contributed by atoms with Gasteiger partial charge in [0.25, 0.3) is 0 Å². The smallest absolute Gasteiger partial charge is 0.0605 e. The third-order valence-electron chi connectivity index (χ3n) is 3.90. The zero-order valence-electron chi connectivity index (χ0n) is 10.7. The highest BCUT2D eigenvalue weighted by Gasteiger charge is 2.20. The summed E-state index contributed by atoms with van der Waals surface area (Å²) in [7, 11) is 0. The molecule has 0 saturated carbocycles. The van der Waals surface area contributed by atoms with E-state index in [-0.39, 0.29) is 0 Å². The molecule has 4 heteroatoms. The summed E-state index contributed by atoms with van der Waals surface area (Å²) < 4.78 is 5.69. The topological polar surface area (TPSA) is 15.7 Å². The maximum Gasteiger partial charge on any atom is 0.0605 e. The van der Waals surface area contributed by atoms with Gasteiger partial charge in [-0.05, 0) is 38.8 Å². The van der Waals surface area contributed by atoms with Crippen LogP contribution in [0.4, 0.5) is 0 Å². The predicted octanol–water partition coefficient (Wildman–Crippen LogP) is 1.80. The molecule has 0 aromatic carbocycles. The molecule has 0 aromatic rings. The Kier molecular flexibility index (Phi) is 6.06. The van der Waals surface area contributed by atoms with E-state index >= 15 is 0 Å². The standard InChI is InChI=1S/C13H25ClN2O/c14-5-12-17-13-3-8-16(9-4-13)11-10-15-6-1-2-7-15/h13H,1-12H2. The highest BCUT2D eigenvalue weighted by molar-refractivity contribution is 6.17. The summed E-state index contributed by atoms with van der Waals surface area (Å²) in [4.78, 5) is 5.18. The lowest BCUT2D eigenvalue weighted by atomic mass is 10.1. The monoisotopic (exact) mass is 260 g/mol. The van der Waals surface area contributed by atoms with E-state index in [1.54, 1.807) is 0 Å². The number of nitrogens with zero attached hydrogens (tertiary/aromatic N) is 2. The van der Waals surface area contributed by atoms with E-state index in [0.29, 0.717) is 18.6 Å². The first-order chi connectivity index (χ1) is 8.38. The second kappa shape index (κ2) is 7.57. The molecule has 0 spiro atoms. The van der Waals surface area contributed by atoms with Crippen LogP contribution in [-0.2, 0) is 4.74 Å². The fourth-order valence-electron chi connectivity index (χ4n) is 2.80. The van der Waals surface area contributed by atoms with Gasteiger partial charge in [0, 0.05) is 32.1 Å². The largest absolute Gasteiger partial charge is 0.377 e. The molecule has 0 bridgehead atoms. The SMILES string of the molecule is ClCCOC1CCN(CCN2CCCC2)CC1. The number of halogens is 1. The Hall–Kier alpha value is 0.170. The number of likely N-dealkylation sites (tertiary alicyclic amines) is 2. The van der Waals surface area contributed by atoms with Gasteiger partial charge in [0.2, 0.25) is 0 Å². The van der Waals surface area contributed by atoms with E-state index in [4.69, 9.17) is 16.3 Å². The molecule has 2 aliphatic rings. The van der Waals surface area contributed by atoms with Crippen molar-refractivity contribution >= 4 is 11.6 Å².